The van der Waals surface area contributed by atoms with Gasteiger partial charge < -0.3 is 4.74 Å². The van der Waals surface area contributed by atoms with Crippen molar-refractivity contribution in [3.8, 4) is 0 Å². The number of hydrogen-bond donors (Lipinski definition) is 0. The number of rotatable bonds is 13. The van der Waals surface area contributed by atoms with Gasteiger partial charge in [0.25, 0.3) is 23.6 Å². The minimum absolute atomic E-state index is 0.262. The number of carbonyl (C=O) groups is 5. The van der Waals surface area contributed by atoms with Crippen LogP contribution in [0.5, 0.6) is 0 Å². The maximum atomic E-state index is 13.3. The van der Waals surface area contributed by atoms with E-state index in [4.69, 9.17) is 4.74 Å². The van der Waals surface area contributed by atoms with Crippen molar-refractivity contribution in [2.45, 2.75) is 58.3 Å². The van der Waals surface area contributed by atoms with Crippen LogP contribution in [0.15, 0.2) is 36.9 Å². The van der Waals surface area contributed by atoms with Gasteiger partial charge in [0, 0.05) is 52.2 Å². The molecule has 0 bridgehead atoms. The lowest BCUT2D eigenvalue weighted by molar-refractivity contribution is -0.137. The van der Waals surface area contributed by atoms with Gasteiger partial charge in [0.05, 0.1) is 6.61 Å². The molecule has 0 spiro atoms. The molecule has 0 N–H and O–H groups in total. The number of esters is 1. The van der Waals surface area contributed by atoms with Crippen LogP contribution >= 0.6 is 0 Å². The molecule has 0 saturated carbocycles. The zero-order chi connectivity index (χ0) is 26.5. The van der Waals surface area contributed by atoms with Crippen molar-refractivity contribution in [1.29, 1.82) is 0 Å². The summed E-state index contributed by atoms with van der Waals surface area (Å²) in [6, 6.07) is 6.41. The summed E-state index contributed by atoms with van der Waals surface area (Å²) >= 11 is 0. The third kappa shape index (κ3) is 5.05. The Morgan fingerprint density at radius 3 is 1.51 bits per heavy atom. The predicted octanol–water partition coefficient (Wildman–Crippen LogP) is 4.90. The normalized spacial score (nSPS) is 14.5. The summed E-state index contributed by atoms with van der Waals surface area (Å²) in [5.74, 6) is -2.03. The van der Waals surface area contributed by atoms with E-state index in [0.717, 1.165) is 44.6 Å². The highest BCUT2D eigenvalue weighted by atomic mass is 16.5. The van der Waals surface area contributed by atoms with Gasteiger partial charge in [0.15, 0.2) is 0 Å². The fourth-order valence-corrected chi connectivity index (χ4v) is 5.03. The van der Waals surface area contributed by atoms with Crippen molar-refractivity contribution in [3.63, 3.8) is 0 Å². The summed E-state index contributed by atoms with van der Waals surface area (Å²) in [5.41, 5.74) is 1.39. The molecule has 2 heterocycles. The Morgan fingerprint density at radius 1 is 0.703 bits per heavy atom. The molecule has 0 atom stereocenters. The Morgan fingerprint density at radius 2 is 1.11 bits per heavy atom. The molecule has 2 aliphatic rings. The first-order valence-electron chi connectivity index (χ1n) is 13.0. The highest BCUT2D eigenvalue weighted by molar-refractivity contribution is 6.33. The van der Waals surface area contributed by atoms with E-state index in [1.165, 1.54) is 9.80 Å². The molecule has 0 unspecified atom stereocenters. The van der Waals surface area contributed by atoms with E-state index >= 15 is 0 Å². The summed E-state index contributed by atoms with van der Waals surface area (Å²) in [7, 11) is 0. The van der Waals surface area contributed by atoms with Crippen molar-refractivity contribution in [3.05, 3.63) is 59.2 Å². The van der Waals surface area contributed by atoms with Crippen LogP contribution in [-0.4, -0.2) is 59.1 Å². The quantitative estimate of drug-likeness (QED) is 0.166. The molecule has 2 aliphatic heterocycles. The predicted molar refractivity (Wildman–Crippen MR) is 138 cm³/mol. The lowest BCUT2D eigenvalue weighted by Crippen LogP contribution is -2.43. The molecule has 8 heteroatoms. The Kier molecular flexibility index (Phi) is 8.16. The van der Waals surface area contributed by atoms with Gasteiger partial charge in [-0.3, -0.25) is 29.0 Å². The average Bonchev–Trinajstić information content (AvgIpc) is 2.90. The number of ether oxygens (including phenoxy) is 1. The van der Waals surface area contributed by atoms with Gasteiger partial charge >= 0.3 is 5.97 Å². The largest absolute Gasteiger partial charge is 0.463 e. The molecule has 0 fully saturated rings. The molecular weight excluding hydrogens is 472 g/mol. The van der Waals surface area contributed by atoms with Crippen LogP contribution < -0.4 is 0 Å². The van der Waals surface area contributed by atoms with Crippen molar-refractivity contribution in [2.24, 2.45) is 0 Å². The Balaban J connectivity index is 1.50. The fourth-order valence-electron chi connectivity index (χ4n) is 5.03. The van der Waals surface area contributed by atoms with Crippen LogP contribution in [0.1, 0.15) is 99.7 Å². The molecule has 194 valence electrons. The molecular formula is C29H32N2O6. The standard InChI is InChI=1S/C29H32N2O6/c1-3-5-6-9-16-30-26(33)19-12-14-21-25-22(15-13-20(24(19)25)27(30)34)29(36)31(28(21)35)17-10-7-8-11-18-37-23(32)4-2/h4,12-15H,2-3,5-11,16-18H2,1H3. The molecule has 37 heavy (non-hydrogen) atoms. The topological polar surface area (TPSA) is 101 Å². The zero-order valence-electron chi connectivity index (χ0n) is 21.2. The molecule has 0 aliphatic carbocycles. The van der Waals surface area contributed by atoms with E-state index in [-0.39, 0.29) is 18.4 Å². The van der Waals surface area contributed by atoms with Crippen molar-refractivity contribution in [2.75, 3.05) is 19.7 Å². The second-order valence-electron chi connectivity index (χ2n) is 9.44. The number of imide groups is 2. The maximum Gasteiger partial charge on any atom is 0.330 e. The second kappa shape index (κ2) is 11.5. The molecule has 0 aromatic heterocycles. The van der Waals surface area contributed by atoms with Crippen LogP contribution in [0.3, 0.4) is 0 Å². The number of hydrogen-bond acceptors (Lipinski definition) is 6. The maximum absolute atomic E-state index is 13.3. The van der Waals surface area contributed by atoms with E-state index in [1.807, 2.05) is 0 Å². The van der Waals surface area contributed by atoms with Gasteiger partial charge in [-0.05, 0) is 49.9 Å². The molecule has 0 saturated heterocycles. The first-order valence-corrected chi connectivity index (χ1v) is 13.0. The molecule has 4 rings (SSSR count). The van der Waals surface area contributed by atoms with Crippen LogP contribution in [0, 0.1) is 0 Å². The highest BCUT2D eigenvalue weighted by Crippen LogP contribution is 2.38. The number of benzene rings is 2. The summed E-state index contributed by atoms with van der Waals surface area (Å²) in [5, 5.41) is 0.808. The van der Waals surface area contributed by atoms with Crippen LogP contribution in [0.2, 0.25) is 0 Å². The number of amides is 4. The van der Waals surface area contributed by atoms with Crippen molar-refractivity contribution in [1.82, 2.24) is 9.80 Å². The summed E-state index contributed by atoms with van der Waals surface area (Å²) in [6.07, 6.45) is 7.76. The van der Waals surface area contributed by atoms with Gasteiger partial charge in [-0.1, -0.05) is 39.2 Å². The van der Waals surface area contributed by atoms with E-state index in [9.17, 15) is 24.0 Å². The summed E-state index contributed by atoms with van der Waals surface area (Å²) in [4.78, 5) is 66.7. The molecule has 8 nitrogen and oxygen atoms in total. The Labute approximate surface area is 216 Å². The second-order valence-corrected chi connectivity index (χ2v) is 9.44. The minimum Gasteiger partial charge on any atom is -0.463 e. The smallest absolute Gasteiger partial charge is 0.330 e. The van der Waals surface area contributed by atoms with Gasteiger partial charge in [0.1, 0.15) is 0 Å². The molecule has 2 aromatic rings. The van der Waals surface area contributed by atoms with Crippen LogP contribution in [0.25, 0.3) is 10.8 Å². The molecule has 4 amide bonds. The van der Waals surface area contributed by atoms with Gasteiger partial charge in [-0.15, -0.1) is 0 Å². The van der Waals surface area contributed by atoms with Gasteiger partial charge in [-0.2, -0.15) is 0 Å². The first kappa shape index (κ1) is 26.3. The third-order valence-corrected chi connectivity index (χ3v) is 6.99. The Hall–Kier alpha value is -3.81. The number of nitrogens with zero attached hydrogens (tertiary/aromatic N) is 2. The van der Waals surface area contributed by atoms with E-state index in [1.54, 1.807) is 24.3 Å². The highest BCUT2D eigenvalue weighted by Gasteiger charge is 2.39. The Bertz CT molecular complexity index is 1210. The SMILES string of the molecule is C=CC(=O)OCCCCCCN1C(=O)c2ccc3c4c(ccc(c24)C1=O)C(=O)N(CCCCCC)C3=O. The van der Waals surface area contributed by atoms with Gasteiger partial charge in [-0.25, -0.2) is 4.79 Å². The summed E-state index contributed by atoms with van der Waals surface area (Å²) in [6.45, 7) is 6.37. The van der Waals surface area contributed by atoms with Gasteiger partial charge in [0.2, 0.25) is 0 Å². The van der Waals surface area contributed by atoms with E-state index in [2.05, 4.69) is 13.5 Å². The monoisotopic (exact) mass is 504 g/mol. The lowest BCUT2D eigenvalue weighted by atomic mass is 9.86. The van der Waals surface area contributed by atoms with E-state index < -0.39 is 17.8 Å². The molecule has 0 radical (unpaired) electrons. The molecule has 2 aromatic carbocycles. The minimum atomic E-state index is -0.452. The fraction of sp³-hybridized carbons (Fsp3) is 0.414. The average molecular weight is 505 g/mol. The first-order chi connectivity index (χ1) is 17.9. The number of carbonyl (C=O) groups excluding carboxylic acids is 5. The van der Waals surface area contributed by atoms with Crippen LogP contribution in [-0.2, 0) is 9.53 Å². The van der Waals surface area contributed by atoms with Crippen LogP contribution in [0.4, 0.5) is 0 Å². The lowest BCUT2D eigenvalue weighted by Gasteiger charge is -2.32. The van der Waals surface area contributed by atoms with E-state index in [0.29, 0.717) is 59.0 Å². The third-order valence-electron chi connectivity index (χ3n) is 6.99. The van der Waals surface area contributed by atoms with Crippen molar-refractivity contribution >= 4 is 40.4 Å². The number of unbranched alkanes of at least 4 members (excludes halogenated alkanes) is 6. The van der Waals surface area contributed by atoms with Crippen molar-refractivity contribution < 1.29 is 28.7 Å². The zero-order valence-corrected chi connectivity index (χ0v) is 21.2. The summed E-state index contributed by atoms with van der Waals surface area (Å²) < 4.78 is 4.95.